The highest BCUT2D eigenvalue weighted by molar-refractivity contribution is 7.71. The number of primary amides is 1. The molecule has 5 heteroatoms. The highest BCUT2D eigenvalue weighted by Gasteiger charge is 2.02. The Morgan fingerprint density at radius 2 is 2.27 bits per heavy atom. The maximum Gasteiger partial charge on any atom is 0.251 e. The highest BCUT2D eigenvalue weighted by atomic mass is 32.1. The fourth-order valence-corrected chi connectivity index (χ4v) is 0.902. The highest BCUT2D eigenvalue weighted by Crippen LogP contribution is 2.04. The lowest BCUT2D eigenvalue weighted by atomic mass is 10.2. The Bertz CT molecular complexity index is 344. The molecule has 0 aromatic carbocycles. The van der Waals surface area contributed by atoms with Crippen molar-refractivity contribution in [1.82, 2.24) is 4.98 Å². The van der Waals surface area contributed by atoms with E-state index in [1.54, 1.807) is 0 Å². The predicted molar refractivity (Wildman–Crippen MR) is 44.6 cm³/mol. The Morgan fingerprint density at radius 1 is 1.64 bits per heavy atom. The van der Waals surface area contributed by atoms with Crippen molar-refractivity contribution in [3.63, 3.8) is 0 Å². The largest absolute Gasteiger partial charge is 0.398 e. The van der Waals surface area contributed by atoms with Crippen LogP contribution in [0, 0.1) is 4.64 Å². The van der Waals surface area contributed by atoms with Crippen LogP contribution in [0.3, 0.4) is 0 Å². The average Bonchev–Trinajstić information content (AvgIpc) is 1.94. The van der Waals surface area contributed by atoms with Gasteiger partial charge in [0.15, 0.2) is 0 Å². The summed E-state index contributed by atoms with van der Waals surface area (Å²) in [6.45, 7) is 0. The minimum atomic E-state index is -0.571. The van der Waals surface area contributed by atoms with Crippen LogP contribution < -0.4 is 11.5 Å². The second kappa shape index (κ2) is 2.71. The van der Waals surface area contributed by atoms with Gasteiger partial charge in [-0.25, -0.2) is 0 Å². The number of nitrogens with one attached hydrogen (secondary N) is 1. The van der Waals surface area contributed by atoms with Crippen molar-refractivity contribution in [2.45, 2.75) is 0 Å². The quantitative estimate of drug-likeness (QED) is 0.533. The van der Waals surface area contributed by atoms with Crippen LogP contribution in [0.15, 0.2) is 12.3 Å². The van der Waals surface area contributed by atoms with E-state index in [9.17, 15) is 4.79 Å². The fourth-order valence-electron chi connectivity index (χ4n) is 0.684. The summed E-state index contributed by atoms with van der Waals surface area (Å²) in [5, 5.41) is 0. The molecule has 58 valence electrons. The van der Waals surface area contributed by atoms with Gasteiger partial charge in [0.25, 0.3) is 5.91 Å². The third kappa shape index (κ3) is 1.56. The Hall–Kier alpha value is -1.36. The molecule has 1 amide bonds. The van der Waals surface area contributed by atoms with Gasteiger partial charge in [0.2, 0.25) is 0 Å². The smallest absolute Gasteiger partial charge is 0.251 e. The monoisotopic (exact) mass is 169 g/mol. The van der Waals surface area contributed by atoms with Crippen LogP contribution in [0.25, 0.3) is 0 Å². The van der Waals surface area contributed by atoms with Gasteiger partial charge in [-0.05, 0) is 6.07 Å². The number of hydrogen-bond donors (Lipinski definition) is 3. The molecule has 0 atom stereocenters. The topological polar surface area (TPSA) is 84.9 Å². The van der Waals surface area contributed by atoms with E-state index >= 15 is 0 Å². The molecule has 4 nitrogen and oxygen atoms in total. The summed E-state index contributed by atoms with van der Waals surface area (Å²) in [5.74, 6) is -0.571. The van der Waals surface area contributed by atoms with Gasteiger partial charge in [-0.15, -0.1) is 0 Å². The van der Waals surface area contributed by atoms with E-state index in [-0.39, 0.29) is 5.56 Å². The Kier molecular flexibility index (Phi) is 1.91. The molecule has 0 saturated carbocycles. The number of amides is 1. The van der Waals surface area contributed by atoms with Crippen LogP contribution in [0.4, 0.5) is 5.69 Å². The minimum Gasteiger partial charge on any atom is -0.398 e. The van der Waals surface area contributed by atoms with Crippen molar-refractivity contribution in [3.05, 3.63) is 22.5 Å². The molecule has 1 rings (SSSR count). The first-order valence-corrected chi connectivity index (χ1v) is 3.30. The number of rotatable bonds is 1. The zero-order valence-corrected chi connectivity index (χ0v) is 6.44. The van der Waals surface area contributed by atoms with Gasteiger partial charge < -0.3 is 16.5 Å². The molecule has 1 heterocycles. The molecule has 0 aliphatic heterocycles. The summed E-state index contributed by atoms with van der Waals surface area (Å²) in [4.78, 5) is 13.3. The Balaban J connectivity index is 3.35. The van der Waals surface area contributed by atoms with E-state index in [4.69, 9.17) is 23.7 Å². The first-order valence-electron chi connectivity index (χ1n) is 2.89. The van der Waals surface area contributed by atoms with Gasteiger partial charge in [0.1, 0.15) is 4.64 Å². The maximum atomic E-state index is 10.7. The number of aromatic nitrogens is 1. The van der Waals surface area contributed by atoms with Crippen LogP contribution in [0.2, 0.25) is 0 Å². The zero-order chi connectivity index (χ0) is 8.43. The lowest BCUT2D eigenvalue weighted by Gasteiger charge is -1.96. The van der Waals surface area contributed by atoms with Gasteiger partial charge in [0, 0.05) is 11.9 Å². The van der Waals surface area contributed by atoms with Gasteiger partial charge >= 0.3 is 0 Å². The van der Waals surface area contributed by atoms with Crippen molar-refractivity contribution >= 4 is 23.8 Å². The molecule has 11 heavy (non-hydrogen) atoms. The molecular formula is C6H7N3OS. The molecular weight excluding hydrogens is 162 g/mol. The molecule has 5 N–H and O–H groups in total. The molecule has 0 fully saturated rings. The zero-order valence-electron chi connectivity index (χ0n) is 5.63. The second-order valence-electron chi connectivity index (χ2n) is 2.04. The van der Waals surface area contributed by atoms with Crippen LogP contribution >= 0.6 is 12.2 Å². The van der Waals surface area contributed by atoms with Crippen LogP contribution in [-0.4, -0.2) is 10.9 Å². The number of pyridine rings is 1. The van der Waals surface area contributed by atoms with Gasteiger partial charge in [0.05, 0.1) is 5.56 Å². The summed E-state index contributed by atoms with van der Waals surface area (Å²) in [5.41, 5.74) is 11.1. The molecule has 0 spiro atoms. The van der Waals surface area contributed by atoms with Crippen molar-refractivity contribution in [2.75, 3.05) is 5.73 Å². The number of H-pyrrole nitrogens is 1. The molecule has 0 aliphatic rings. The number of hydrogen-bond acceptors (Lipinski definition) is 3. The Morgan fingerprint density at radius 3 is 2.73 bits per heavy atom. The number of anilines is 1. The molecule has 1 aromatic rings. The maximum absolute atomic E-state index is 10.7. The number of carbonyl (C=O) groups excluding carboxylic acids is 1. The summed E-state index contributed by atoms with van der Waals surface area (Å²) in [7, 11) is 0. The minimum absolute atomic E-state index is 0.250. The van der Waals surface area contributed by atoms with Gasteiger partial charge in [-0.1, -0.05) is 12.2 Å². The average molecular weight is 169 g/mol. The van der Waals surface area contributed by atoms with Crippen LogP contribution in [0.1, 0.15) is 10.4 Å². The van der Waals surface area contributed by atoms with Crippen LogP contribution in [0.5, 0.6) is 0 Å². The third-order valence-electron chi connectivity index (χ3n) is 1.19. The van der Waals surface area contributed by atoms with E-state index in [2.05, 4.69) is 4.98 Å². The van der Waals surface area contributed by atoms with Crippen molar-refractivity contribution in [1.29, 1.82) is 0 Å². The lowest BCUT2D eigenvalue weighted by molar-refractivity contribution is 0.0999. The summed E-state index contributed by atoms with van der Waals surface area (Å²) >= 11 is 4.78. The molecule has 0 radical (unpaired) electrons. The van der Waals surface area contributed by atoms with E-state index in [0.29, 0.717) is 10.3 Å². The standard InChI is InChI=1S/C6H7N3OS/c7-3-1-4(5(8)10)6(11)9-2-3/h1-2H,7H2,(H2,8,10)(H,9,11). The summed E-state index contributed by atoms with van der Waals surface area (Å²) in [6, 6.07) is 1.45. The SMILES string of the molecule is NC(=O)c1cc(N)c[nH]c1=S. The lowest BCUT2D eigenvalue weighted by Crippen LogP contribution is -2.12. The molecule has 0 aliphatic carbocycles. The fraction of sp³-hybridized carbons (Fsp3) is 0. The molecule has 0 saturated heterocycles. The number of carbonyl (C=O) groups is 1. The number of nitrogen functional groups attached to an aromatic ring is 1. The summed E-state index contributed by atoms with van der Waals surface area (Å²) < 4.78 is 0.312. The Labute approximate surface area is 68.2 Å². The van der Waals surface area contributed by atoms with E-state index in [0.717, 1.165) is 0 Å². The molecule has 1 aromatic heterocycles. The van der Waals surface area contributed by atoms with Gasteiger partial charge in [-0.3, -0.25) is 4.79 Å². The third-order valence-corrected chi connectivity index (χ3v) is 1.53. The number of nitrogens with two attached hydrogens (primary N) is 2. The van der Waals surface area contributed by atoms with Crippen molar-refractivity contribution < 1.29 is 4.79 Å². The normalized spacial score (nSPS) is 9.45. The summed E-state index contributed by atoms with van der Waals surface area (Å²) in [6.07, 6.45) is 1.51. The number of aromatic amines is 1. The predicted octanol–water partition coefficient (Wildman–Crippen LogP) is 0.425. The van der Waals surface area contributed by atoms with Crippen molar-refractivity contribution in [3.8, 4) is 0 Å². The van der Waals surface area contributed by atoms with E-state index in [1.807, 2.05) is 0 Å². The van der Waals surface area contributed by atoms with E-state index < -0.39 is 5.91 Å². The second-order valence-corrected chi connectivity index (χ2v) is 2.45. The van der Waals surface area contributed by atoms with Crippen LogP contribution in [-0.2, 0) is 0 Å². The first-order chi connectivity index (χ1) is 5.11. The van der Waals surface area contributed by atoms with Gasteiger partial charge in [-0.2, -0.15) is 0 Å². The molecule has 0 bridgehead atoms. The molecule has 0 unspecified atom stereocenters. The van der Waals surface area contributed by atoms with Crippen molar-refractivity contribution in [2.24, 2.45) is 5.73 Å². The van der Waals surface area contributed by atoms with E-state index in [1.165, 1.54) is 12.3 Å². The first kappa shape index (κ1) is 7.74.